The molecule has 1 aromatic heterocycles. The summed E-state index contributed by atoms with van der Waals surface area (Å²) >= 11 is 6.02. The summed E-state index contributed by atoms with van der Waals surface area (Å²) in [7, 11) is 1.84. The molecule has 1 amide bonds. The molecule has 0 radical (unpaired) electrons. The second-order valence-electron chi connectivity index (χ2n) is 4.98. The highest BCUT2D eigenvalue weighted by Gasteiger charge is 2.15. The Labute approximate surface area is 126 Å². The molecular weight excluding hydrogens is 276 g/mol. The van der Waals surface area contributed by atoms with Crippen LogP contribution in [-0.4, -0.2) is 47.5 Å². The number of anilines is 1. The first kappa shape index (κ1) is 16.7. The van der Waals surface area contributed by atoms with Gasteiger partial charge in [-0.2, -0.15) is 0 Å². The molecule has 0 aliphatic heterocycles. The Balaban J connectivity index is 2.87. The molecule has 1 heterocycles. The van der Waals surface area contributed by atoms with E-state index in [9.17, 15) is 4.79 Å². The quantitative estimate of drug-likeness (QED) is 0.757. The minimum Gasteiger partial charge on any atom is -0.350 e. The van der Waals surface area contributed by atoms with E-state index in [0.29, 0.717) is 29.9 Å². The molecule has 0 fully saturated rings. The molecule has 112 valence electrons. The summed E-state index contributed by atoms with van der Waals surface area (Å²) in [5, 5.41) is 0.404. The SMILES string of the molecule is CCN(CC)C(=O)CN(C)c1cc(Cl)nc(C(C)C)n1. The fourth-order valence-corrected chi connectivity index (χ4v) is 2.02. The lowest BCUT2D eigenvalue weighted by Crippen LogP contribution is -2.39. The molecule has 0 N–H and O–H groups in total. The van der Waals surface area contributed by atoms with E-state index < -0.39 is 0 Å². The Morgan fingerprint density at radius 2 is 1.90 bits per heavy atom. The smallest absolute Gasteiger partial charge is 0.242 e. The molecule has 0 aromatic carbocycles. The average molecular weight is 299 g/mol. The molecule has 0 spiro atoms. The number of amides is 1. The van der Waals surface area contributed by atoms with Gasteiger partial charge in [-0.05, 0) is 13.8 Å². The number of hydrogen-bond acceptors (Lipinski definition) is 4. The Morgan fingerprint density at radius 1 is 1.30 bits per heavy atom. The van der Waals surface area contributed by atoms with E-state index in [4.69, 9.17) is 11.6 Å². The average Bonchev–Trinajstić information content (AvgIpc) is 2.39. The minimum absolute atomic E-state index is 0.0818. The molecule has 6 heteroatoms. The van der Waals surface area contributed by atoms with Crippen LogP contribution in [0.4, 0.5) is 5.82 Å². The monoisotopic (exact) mass is 298 g/mol. The van der Waals surface area contributed by atoms with Crippen LogP contribution in [0.15, 0.2) is 6.07 Å². The van der Waals surface area contributed by atoms with Gasteiger partial charge in [0.15, 0.2) is 0 Å². The normalized spacial score (nSPS) is 10.8. The van der Waals surface area contributed by atoms with E-state index in [-0.39, 0.29) is 18.4 Å². The second kappa shape index (κ2) is 7.43. The molecule has 20 heavy (non-hydrogen) atoms. The molecular formula is C14H23ClN4O. The van der Waals surface area contributed by atoms with Crippen LogP contribution in [0, 0.1) is 0 Å². The Bertz CT molecular complexity index is 460. The van der Waals surface area contributed by atoms with E-state index in [2.05, 4.69) is 9.97 Å². The molecule has 1 aromatic rings. The van der Waals surface area contributed by atoms with Gasteiger partial charge in [-0.1, -0.05) is 25.4 Å². The Kier molecular flexibility index (Phi) is 6.20. The maximum atomic E-state index is 12.1. The van der Waals surface area contributed by atoms with Gasteiger partial charge in [0.2, 0.25) is 5.91 Å². The molecule has 0 bridgehead atoms. The van der Waals surface area contributed by atoms with Gasteiger partial charge in [0, 0.05) is 32.1 Å². The number of rotatable bonds is 6. The van der Waals surface area contributed by atoms with E-state index in [1.165, 1.54) is 0 Å². The molecule has 0 saturated carbocycles. The third kappa shape index (κ3) is 4.34. The largest absolute Gasteiger partial charge is 0.350 e. The molecule has 0 atom stereocenters. The third-order valence-electron chi connectivity index (χ3n) is 3.09. The number of carbonyl (C=O) groups excluding carboxylic acids is 1. The highest BCUT2D eigenvalue weighted by Crippen LogP contribution is 2.19. The standard InChI is InChI=1S/C14H23ClN4O/c1-6-19(7-2)13(20)9-18(5)12-8-11(15)16-14(17-12)10(3)4/h8,10H,6-7,9H2,1-5H3. The number of halogens is 1. The third-order valence-corrected chi connectivity index (χ3v) is 3.29. The van der Waals surface area contributed by atoms with Crippen molar-refractivity contribution in [2.75, 3.05) is 31.6 Å². The van der Waals surface area contributed by atoms with E-state index in [1.807, 2.05) is 34.7 Å². The van der Waals surface area contributed by atoms with Crippen molar-refractivity contribution in [2.45, 2.75) is 33.6 Å². The molecule has 0 unspecified atom stereocenters. The van der Waals surface area contributed by atoms with Crippen LogP contribution in [0.5, 0.6) is 0 Å². The summed E-state index contributed by atoms with van der Waals surface area (Å²) in [5.41, 5.74) is 0. The van der Waals surface area contributed by atoms with Crippen LogP contribution in [0.2, 0.25) is 5.15 Å². The van der Waals surface area contributed by atoms with Crippen molar-refractivity contribution >= 4 is 23.3 Å². The first-order chi connectivity index (χ1) is 9.38. The number of hydrogen-bond donors (Lipinski definition) is 0. The maximum absolute atomic E-state index is 12.1. The van der Waals surface area contributed by atoms with E-state index in [1.54, 1.807) is 15.9 Å². The summed E-state index contributed by atoms with van der Waals surface area (Å²) in [6.07, 6.45) is 0. The topological polar surface area (TPSA) is 49.3 Å². The highest BCUT2D eigenvalue weighted by molar-refractivity contribution is 6.29. The van der Waals surface area contributed by atoms with Gasteiger partial charge < -0.3 is 9.80 Å². The van der Waals surface area contributed by atoms with E-state index >= 15 is 0 Å². The summed E-state index contributed by atoms with van der Waals surface area (Å²) in [6.45, 7) is 9.68. The van der Waals surface area contributed by atoms with Crippen molar-refractivity contribution in [3.63, 3.8) is 0 Å². The number of nitrogens with zero attached hydrogens (tertiary/aromatic N) is 4. The van der Waals surface area contributed by atoms with Crippen LogP contribution in [0.1, 0.15) is 39.4 Å². The summed E-state index contributed by atoms with van der Waals surface area (Å²) in [5.74, 6) is 1.64. The zero-order valence-corrected chi connectivity index (χ0v) is 13.6. The van der Waals surface area contributed by atoms with Gasteiger partial charge in [0.05, 0.1) is 6.54 Å². The molecule has 0 aliphatic rings. The van der Waals surface area contributed by atoms with Crippen LogP contribution >= 0.6 is 11.6 Å². The van der Waals surface area contributed by atoms with Crippen molar-refractivity contribution in [1.82, 2.24) is 14.9 Å². The zero-order valence-electron chi connectivity index (χ0n) is 12.9. The van der Waals surface area contributed by atoms with Crippen molar-refractivity contribution < 1.29 is 4.79 Å². The first-order valence-corrected chi connectivity index (χ1v) is 7.30. The van der Waals surface area contributed by atoms with Crippen molar-refractivity contribution in [2.24, 2.45) is 0 Å². The molecule has 0 saturated heterocycles. The van der Waals surface area contributed by atoms with Crippen molar-refractivity contribution in [1.29, 1.82) is 0 Å². The lowest BCUT2D eigenvalue weighted by Gasteiger charge is -2.24. The Morgan fingerprint density at radius 3 is 2.40 bits per heavy atom. The molecule has 0 aliphatic carbocycles. The fraction of sp³-hybridized carbons (Fsp3) is 0.643. The first-order valence-electron chi connectivity index (χ1n) is 6.92. The van der Waals surface area contributed by atoms with Crippen LogP contribution in [0.25, 0.3) is 0 Å². The van der Waals surface area contributed by atoms with Gasteiger partial charge in [-0.15, -0.1) is 0 Å². The van der Waals surface area contributed by atoms with Gasteiger partial charge in [-0.3, -0.25) is 4.79 Å². The predicted molar refractivity (Wildman–Crippen MR) is 82.3 cm³/mol. The zero-order chi connectivity index (χ0) is 15.3. The van der Waals surface area contributed by atoms with Crippen LogP contribution < -0.4 is 4.90 Å². The van der Waals surface area contributed by atoms with Crippen LogP contribution in [-0.2, 0) is 4.79 Å². The van der Waals surface area contributed by atoms with Gasteiger partial charge in [0.25, 0.3) is 0 Å². The summed E-state index contributed by atoms with van der Waals surface area (Å²) in [4.78, 5) is 24.4. The molecule has 5 nitrogen and oxygen atoms in total. The van der Waals surface area contributed by atoms with E-state index in [0.717, 1.165) is 0 Å². The van der Waals surface area contributed by atoms with Gasteiger partial charge >= 0.3 is 0 Å². The lowest BCUT2D eigenvalue weighted by molar-refractivity contribution is -0.129. The number of carbonyl (C=O) groups is 1. The number of likely N-dealkylation sites (N-methyl/N-ethyl adjacent to an activating group) is 2. The minimum atomic E-state index is 0.0818. The Hall–Kier alpha value is -1.36. The number of aromatic nitrogens is 2. The summed E-state index contributed by atoms with van der Waals surface area (Å²) < 4.78 is 0. The highest BCUT2D eigenvalue weighted by atomic mass is 35.5. The van der Waals surface area contributed by atoms with Crippen molar-refractivity contribution in [3.05, 3.63) is 17.0 Å². The lowest BCUT2D eigenvalue weighted by atomic mass is 10.2. The van der Waals surface area contributed by atoms with Gasteiger partial charge in [0.1, 0.15) is 16.8 Å². The van der Waals surface area contributed by atoms with Crippen LogP contribution in [0.3, 0.4) is 0 Å². The maximum Gasteiger partial charge on any atom is 0.242 e. The predicted octanol–water partition coefficient (Wildman–Crippen LogP) is 2.56. The molecule has 1 rings (SSSR count). The second-order valence-corrected chi connectivity index (χ2v) is 5.37. The fourth-order valence-electron chi connectivity index (χ4n) is 1.84. The van der Waals surface area contributed by atoms with Crippen molar-refractivity contribution in [3.8, 4) is 0 Å². The van der Waals surface area contributed by atoms with Gasteiger partial charge in [-0.25, -0.2) is 9.97 Å². The summed E-state index contributed by atoms with van der Waals surface area (Å²) in [6, 6.07) is 1.68.